The predicted octanol–water partition coefficient (Wildman–Crippen LogP) is 1.80. The number of hydrogen-bond acceptors (Lipinski definition) is 2. The Balaban J connectivity index is 2.56. The molecule has 0 heterocycles. The third kappa shape index (κ3) is 5.06. The molecule has 0 spiro atoms. The summed E-state index contributed by atoms with van der Waals surface area (Å²) < 4.78 is 13.2. The molecule has 0 aliphatic rings. The molecule has 0 saturated heterocycles. The zero-order valence-electron chi connectivity index (χ0n) is 12.9. The molecule has 5 nitrogen and oxygen atoms in total. The van der Waals surface area contributed by atoms with E-state index in [2.05, 4.69) is 10.6 Å². The number of aryl methyl sites for hydroxylation is 1. The highest BCUT2D eigenvalue weighted by Gasteiger charge is 2.18. The van der Waals surface area contributed by atoms with Gasteiger partial charge in [-0.25, -0.2) is 9.18 Å². The van der Waals surface area contributed by atoms with Crippen molar-refractivity contribution in [3.63, 3.8) is 0 Å². The molecule has 6 heteroatoms. The summed E-state index contributed by atoms with van der Waals surface area (Å²) in [5.74, 6) is -0.450. The van der Waals surface area contributed by atoms with Crippen molar-refractivity contribution in [2.45, 2.75) is 32.9 Å². The second-order valence-electron chi connectivity index (χ2n) is 5.07. The Morgan fingerprint density at radius 2 is 2.05 bits per heavy atom. The van der Waals surface area contributed by atoms with Crippen molar-refractivity contribution in [2.24, 2.45) is 0 Å². The van der Waals surface area contributed by atoms with Crippen LogP contribution in [0.1, 0.15) is 24.5 Å². The molecule has 21 heavy (non-hydrogen) atoms. The van der Waals surface area contributed by atoms with E-state index in [1.54, 1.807) is 27.1 Å². The molecule has 2 N–H and O–H groups in total. The zero-order chi connectivity index (χ0) is 16.0. The number of rotatable bonds is 5. The minimum atomic E-state index is -0.328. The summed E-state index contributed by atoms with van der Waals surface area (Å²) in [6, 6.07) is 3.95. The summed E-state index contributed by atoms with van der Waals surface area (Å²) in [5, 5.41) is 5.25. The maximum absolute atomic E-state index is 13.2. The minimum absolute atomic E-state index is 0.122. The van der Waals surface area contributed by atoms with Crippen molar-refractivity contribution in [1.29, 1.82) is 0 Å². The van der Waals surface area contributed by atoms with Crippen molar-refractivity contribution in [1.82, 2.24) is 15.5 Å². The van der Waals surface area contributed by atoms with Crippen molar-refractivity contribution < 1.29 is 14.0 Å². The number of carbonyl (C=O) groups excluding carboxylic acids is 2. The summed E-state index contributed by atoms with van der Waals surface area (Å²) in [6.45, 7) is 3.90. The SMILES string of the molecule is CNC(=O)CC(C)N(C)C(=O)NCc1cc(F)ccc1C. The van der Waals surface area contributed by atoms with Gasteiger partial charge < -0.3 is 15.5 Å². The molecule has 1 unspecified atom stereocenters. The normalized spacial score (nSPS) is 11.7. The van der Waals surface area contributed by atoms with Crippen LogP contribution in [-0.4, -0.2) is 37.0 Å². The Labute approximate surface area is 124 Å². The Hall–Kier alpha value is -2.11. The molecule has 0 aliphatic heterocycles. The smallest absolute Gasteiger partial charge is 0.317 e. The number of urea groups is 1. The van der Waals surface area contributed by atoms with Crippen LogP contribution in [-0.2, 0) is 11.3 Å². The van der Waals surface area contributed by atoms with Crippen LogP contribution in [0.5, 0.6) is 0 Å². The highest BCUT2D eigenvalue weighted by molar-refractivity contribution is 5.78. The number of benzene rings is 1. The zero-order valence-corrected chi connectivity index (χ0v) is 12.9. The van der Waals surface area contributed by atoms with E-state index < -0.39 is 0 Å². The fourth-order valence-corrected chi connectivity index (χ4v) is 1.83. The quantitative estimate of drug-likeness (QED) is 0.870. The van der Waals surface area contributed by atoms with E-state index in [0.29, 0.717) is 0 Å². The first-order valence-corrected chi connectivity index (χ1v) is 6.81. The highest BCUT2D eigenvalue weighted by Crippen LogP contribution is 2.10. The van der Waals surface area contributed by atoms with Gasteiger partial charge in [-0.15, -0.1) is 0 Å². The van der Waals surface area contributed by atoms with E-state index in [0.717, 1.165) is 11.1 Å². The predicted molar refractivity (Wildman–Crippen MR) is 79.3 cm³/mol. The van der Waals surface area contributed by atoms with Crippen LogP contribution in [0.3, 0.4) is 0 Å². The van der Waals surface area contributed by atoms with Crippen molar-refractivity contribution in [2.75, 3.05) is 14.1 Å². The number of carbonyl (C=O) groups is 2. The average Bonchev–Trinajstić information content (AvgIpc) is 2.46. The van der Waals surface area contributed by atoms with Crippen LogP contribution in [0.2, 0.25) is 0 Å². The minimum Gasteiger partial charge on any atom is -0.359 e. The van der Waals surface area contributed by atoms with Gasteiger partial charge in [-0.1, -0.05) is 6.07 Å². The number of amides is 3. The fourth-order valence-electron chi connectivity index (χ4n) is 1.83. The molecule has 1 aromatic carbocycles. The standard InChI is InChI=1S/C15H22FN3O2/c1-10-5-6-13(16)8-12(10)9-18-15(21)19(4)11(2)7-14(20)17-3/h5-6,8,11H,7,9H2,1-4H3,(H,17,20)(H,18,21). The molecule has 0 bridgehead atoms. The molecular formula is C15H22FN3O2. The molecular weight excluding hydrogens is 273 g/mol. The lowest BCUT2D eigenvalue weighted by Gasteiger charge is -2.24. The van der Waals surface area contributed by atoms with Gasteiger partial charge in [-0.2, -0.15) is 0 Å². The lowest BCUT2D eigenvalue weighted by molar-refractivity contribution is -0.121. The van der Waals surface area contributed by atoms with Gasteiger partial charge in [-0.3, -0.25) is 4.79 Å². The summed E-state index contributed by atoms with van der Waals surface area (Å²) >= 11 is 0. The summed E-state index contributed by atoms with van der Waals surface area (Å²) in [7, 11) is 3.18. The van der Waals surface area contributed by atoms with Gasteiger partial charge in [0.2, 0.25) is 5.91 Å². The average molecular weight is 295 g/mol. The number of halogens is 1. The van der Waals surface area contributed by atoms with Crippen molar-refractivity contribution in [3.05, 3.63) is 35.1 Å². The largest absolute Gasteiger partial charge is 0.359 e. The van der Waals surface area contributed by atoms with E-state index >= 15 is 0 Å². The van der Waals surface area contributed by atoms with E-state index in [1.165, 1.54) is 17.0 Å². The van der Waals surface area contributed by atoms with Gasteiger partial charge in [0.25, 0.3) is 0 Å². The van der Waals surface area contributed by atoms with E-state index in [1.807, 2.05) is 6.92 Å². The molecule has 1 aromatic rings. The molecule has 116 valence electrons. The molecule has 0 fully saturated rings. The Morgan fingerprint density at radius 3 is 2.67 bits per heavy atom. The van der Waals surface area contributed by atoms with E-state index in [-0.39, 0.29) is 36.8 Å². The second kappa shape index (κ2) is 7.61. The van der Waals surface area contributed by atoms with Gasteiger partial charge >= 0.3 is 6.03 Å². The number of nitrogens with zero attached hydrogens (tertiary/aromatic N) is 1. The van der Waals surface area contributed by atoms with Gasteiger partial charge in [0, 0.05) is 33.1 Å². The lowest BCUT2D eigenvalue weighted by Crippen LogP contribution is -2.43. The maximum Gasteiger partial charge on any atom is 0.317 e. The Bertz CT molecular complexity index is 520. The van der Waals surface area contributed by atoms with Gasteiger partial charge in [-0.05, 0) is 37.1 Å². The van der Waals surface area contributed by atoms with Crippen LogP contribution in [0, 0.1) is 12.7 Å². The lowest BCUT2D eigenvalue weighted by atomic mass is 10.1. The monoisotopic (exact) mass is 295 g/mol. The van der Waals surface area contributed by atoms with Gasteiger partial charge in [0.15, 0.2) is 0 Å². The van der Waals surface area contributed by atoms with Crippen LogP contribution in [0.4, 0.5) is 9.18 Å². The van der Waals surface area contributed by atoms with E-state index in [9.17, 15) is 14.0 Å². The van der Waals surface area contributed by atoms with E-state index in [4.69, 9.17) is 0 Å². The Morgan fingerprint density at radius 1 is 1.38 bits per heavy atom. The van der Waals surface area contributed by atoms with Gasteiger partial charge in [0.05, 0.1) is 0 Å². The number of nitrogens with one attached hydrogen (secondary N) is 2. The molecule has 1 rings (SSSR count). The van der Waals surface area contributed by atoms with Crippen molar-refractivity contribution >= 4 is 11.9 Å². The molecule has 1 atom stereocenters. The fraction of sp³-hybridized carbons (Fsp3) is 0.467. The first-order chi connectivity index (χ1) is 9.85. The summed E-state index contributed by atoms with van der Waals surface area (Å²) in [6.07, 6.45) is 0.236. The molecule has 0 aliphatic carbocycles. The van der Waals surface area contributed by atoms with Crippen LogP contribution in [0.15, 0.2) is 18.2 Å². The first-order valence-electron chi connectivity index (χ1n) is 6.81. The topological polar surface area (TPSA) is 61.4 Å². The third-order valence-corrected chi connectivity index (χ3v) is 3.48. The highest BCUT2D eigenvalue weighted by atomic mass is 19.1. The van der Waals surface area contributed by atoms with Crippen molar-refractivity contribution in [3.8, 4) is 0 Å². The summed E-state index contributed by atoms with van der Waals surface area (Å²) in [5.41, 5.74) is 1.65. The summed E-state index contributed by atoms with van der Waals surface area (Å²) in [4.78, 5) is 24.8. The van der Waals surface area contributed by atoms with Crippen LogP contribution in [0.25, 0.3) is 0 Å². The number of hydrogen-bond donors (Lipinski definition) is 2. The maximum atomic E-state index is 13.2. The Kier molecular flexibility index (Phi) is 6.14. The third-order valence-electron chi connectivity index (χ3n) is 3.48. The van der Waals surface area contributed by atoms with Crippen LogP contribution < -0.4 is 10.6 Å². The van der Waals surface area contributed by atoms with Gasteiger partial charge in [0.1, 0.15) is 5.82 Å². The molecule has 0 aromatic heterocycles. The first kappa shape index (κ1) is 16.9. The molecule has 3 amide bonds. The molecule has 0 radical (unpaired) electrons. The van der Waals surface area contributed by atoms with Crippen LogP contribution >= 0.6 is 0 Å². The second-order valence-corrected chi connectivity index (χ2v) is 5.07. The molecule has 0 saturated carbocycles.